The van der Waals surface area contributed by atoms with Gasteiger partial charge in [0.25, 0.3) is 0 Å². The lowest BCUT2D eigenvalue weighted by Crippen LogP contribution is -2.05. The second kappa shape index (κ2) is 2.41. The Kier molecular flexibility index (Phi) is 1.59. The number of nitrogens with zero attached hydrogens (tertiary/aromatic N) is 2. The van der Waals surface area contributed by atoms with Gasteiger partial charge < -0.3 is 10.8 Å². The van der Waals surface area contributed by atoms with Crippen LogP contribution in [-0.2, 0) is 4.79 Å². The van der Waals surface area contributed by atoms with E-state index in [9.17, 15) is 9.59 Å². The maximum atomic E-state index is 10.3. The Balaban J connectivity index is 3.20. The summed E-state index contributed by atoms with van der Waals surface area (Å²) in [5, 5.41) is 8.40. The maximum absolute atomic E-state index is 10.3. The maximum Gasteiger partial charge on any atom is 0.358 e. The quantitative estimate of drug-likeness (QED) is 0.545. The van der Waals surface area contributed by atoms with E-state index in [4.69, 9.17) is 10.8 Å². The third-order valence-corrected chi connectivity index (χ3v) is 1.15. The van der Waals surface area contributed by atoms with E-state index in [0.717, 1.165) is 10.9 Å². The molecule has 0 aliphatic carbocycles. The molecule has 0 bridgehead atoms. The van der Waals surface area contributed by atoms with E-state index in [1.165, 1.54) is 0 Å². The molecule has 3 N–H and O–H groups in total. The van der Waals surface area contributed by atoms with E-state index in [0.29, 0.717) is 6.41 Å². The molecule has 0 aromatic carbocycles. The fraction of sp³-hybridized carbons (Fsp3) is 0. The van der Waals surface area contributed by atoms with Crippen LogP contribution in [0.1, 0.15) is 10.5 Å². The van der Waals surface area contributed by atoms with Gasteiger partial charge in [0, 0.05) is 0 Å². The second-order valence-corrected chi connectivity index (χ2v) is 1.80. The zero-order chi connectivity index (χ0) is 8.43. The Morgan fingerprint density at radius 3 is 2.73 bits per heavy atom. The molecule has 0 unspecified atom stereocenters. The van der Waals surface area contributed by atoms with Crippen molar-refractivity contribution < 1.29 is 14.7 Å². The zero-order valence-electron chi connectivity index (χ0n) is 5.39. The van der Waals surface area contributed by atoms with Crippen LogP contribution in [0.2, 0.25) is 0 Å². The van der Waals surface area contributed by atoms with Crippen LogP contribution in [0.4, 0.5) is 5.82 Å². The summed E-state index contributed by atoms with van der Waals surface area (Å²) < 4.78 is 0.892. The molecule has 1 rings (SSSR count). The minimum Gasteiger partial charge on any atom is -0.476 e. The van der Waals surface area contributed by atoms with Gasteiger partial charge >= 0.3 is 5.97 Å². The molecule has 6 nitrogen and oxygen atoms in total. The van der Waals surface area contributed by atoms with Crippen molar-refractivity contribution in [2.75, 3.05) is 5.73 Å². The molecular formula is C5H5N3O3. The van der Waals surface area contributed by atoms with Gasteiger partial charge in [0.2, 0.25) is 6.41 Å². The Bertz CT molecular complexity index is 304. The molecule has 6 heteroatoms. The highest BCUT2D eigenvalue weighted by molar-refractivity contribution is 5.91. The van der Waals surface area contributed by atoms with Crippen molar-refractivity contribution in [1.82, 2.24) is 9.55 Å². The number of carboxylic acids is 1. The first-order valence-electron chi connectivity index (χ1n) is 2.67. The first-order valence-corrected chi connectivity index (χ1v) is 2.67. The average molecular weight is 155 g/mol. The minimum atomic E-state index is -1.25. The highest BCUT2D eigenvalue weighted by Gasteiger charge is 2.13. The highest BCUT2D eigenvalue weighted by Crippen LogP contribution is 2.06. The Hall–Kier alpha value is -1.85. The van der Waals surface area contributed by atoms with E-state index in [-0.39, 0.29) is 11.5 Å². The van der Waals surface area contributed by atoms with Gasteiger partial charge in [-0.3, -0.25) is 9.36 Å². The molecule has 0 spiro atoms. The second-order valence-electron chi connectivity index (χ2n) is 1.80. The molecular weight excluding hydrogens is 150 g/mol. The Labute approximate surface area is 61.3 Å². The largest absolute Gasteiger partial charge is 0.476 e. The third-order valence-electron chi connectivity index (χ3n) is 1.15. The molecule has 11 heavy (non-hydrogen) atoms. The number of hydrogen-bond acceptors (Lipinski definition) is 4. The molecule has 0 aliphatic rings. The van der Waals surface area contributed by atoms with Crippen LogP contribution in [0.25, 0.3) is 0 Å². The molecule has 1 heterocycles. The van der Waals surface area contributed by atoms with Crippen molar-refractivity contribution in [3.8, 4) is 0 Å². The fourth-order valence-corrected chi connectivity index (χ4v) is 0.619. The summed E-state index contributed by atoms with van der Waals surface area (Å²) >= 11 is 0. The van der Waals surface area contributed by atoms with Crippen molar-refractivity contribution in [3.05, 3.63) is 12.0 Å². The van der Waals surface area contributed by atoms with Crippen molar-refractivity contribution in [2.45, 2.75) is 0 Å². The van der Waals surface area contributed by atoms with Crippen LogP contribution in [0.5, 0.6) is 0 Å². The molecule has 0 saturated carbocycles. The number of aromatic nitrogens is 2. The summed E-state index contributed by atoms with van der Waals surface area (Å²) in [5.41, 5.74) is 4.89. The van der Waals surface area contributed by atoms with Crippen molar-refractivity contribution in [2.24, 2.45) is 0 Å². The van der Waals surface area contributed by atoms with Gasteiger partial charge in [-0.15, -0.1) is 0 Å². The monoisotopic (exact) mass is 155 g/mol. The third kappa shape index (κ3) is 1.05. The van der Waals surface area contributed by atoms with Crippen LogP contribution in [0, 0.1) is 0 Å². The van der Waals surface area contributed by atoms with E-state index in [2.05, 4.69) is 4.98 Å². The summed E-state index contributed by atoms with van der Waals surface area (Å²) in [5.74, 6) is -1.41. The zero-order valence-corrected chi connectivity index (χ0v) is 5.39. The van der Waals surface area contributed by atoms with Crippen LogP contribution in [0.3, 0.4) is 0 Å². The number of imidazole rings is 1. The van der Waals surface area contributed by atoms with Crippen LogP contribution < -0.4 is 5.73 Å². The summed E-state index contributed by atoms with van der Waals surface area (Å²) in [7, 11) is 0. The number of carbonyl (C=O) groups excluding carboxylic acids is 1. The number of rotatable bonds is 2. The summed E-state index contributed by atoms with van der Waals surface area (Å²) in [4.78, 5) is 23.8. The van der Waals surface area contributed by atoms with Gasteiger partial charge in [-0.2, -0.15) is 0 Å². The Morgan fingerprint density at radius 1 is 1.82 bits per heavy atom. The van der Waals surface area contributed by atoms with E-state index in [1.807, 2.05) is 0 Å². The van der Waals surface area contributed by atoms with Crippen LogP contribution in [0.15, 0.2) is 6.33 Å². The number of aromatic carboxylic acids is 1. The molecule has 58 valence electrons. The SMILES string of the molecule is Nc1c(C(=O)O)ncn1C=O. The van der Waals surface area contributed by atoms with Gasteiger partial charge in [0.1, 0.15) is 12.1 Å². The summed E-state index contributed by atoms with van der Waals surface area (Å²) in [6, 6.07) is 0. The van der Waals surface area contributed by atoms with Gasteiger partial charge in [0.05, 0.1) is 0 Å². The molecule has 0 atom stereocenters. The number of nitrogens with two attached hydrogens (primary N) is 1. The molecule has 0 fully saturated rings. The number of carbonyl (C=O) groups is 2. The molecule has 0 aliphatic heterocycles. The van der Waals surface area contributed by atoms with Crippen molar-refractivity contribution in [1.29, 1.82) is 0 Å². The number of anilines is 1. The smallest absolute Gasteiger partial charge is 0.358 e. The van der Waals surface area contributed by atoms with Crippen LogP contribution in [-0.4, -0.2) is 27.0 Å². The van der Waals surface area contributed by atoms with Gasteiger partial charge in [0.15, 0.2) is 5.69 Å². The molecule has 1 aromatic rings. The summed E-state index contributed by atoms with van der Waals surface area (Å²) in [6.45, 7) is 0. The normalized spacial score (nSPS) is 9.45. The van der Waals surface area contributed by atoms with Gasteiger partial charge in [-0.05, 0) is 0 Å². The van der Waals surface area contributed by atoms with Crippen molar-refractivity contribution in [3.63, 3.8) is 0 Å². The van der Waals surface area contributed by atoms with Gasteiger partial charge in [-0.1, -0.05) is 0 Å². The van der Waals surface area contributed by atoms with Crippen molar-refractivity contribution >= 4 is 18.2 Å². The molecule has 0 amide bonds. The predicted octanol–water partition coefficient (Wildman–Crippen LogP) is -0.798. The lowest BCUT2D eigenvalue weighted by atomic mass is 10.4. The van der Waals surface area contributed by atoms with Gasteiger partial charge in [-0.25, -0.2) is 9.78 Å². The number of carboxylic acid groups (broad SMARTS) is 1. The minimum absolute atomic E-state index is 0.160. The molecule has 0 radical (unpaired) electrons. The molecule has 1 aromatic heterocycles. The fourth-order valence-electron chi connectivity index (χ4n) is 0.619. The average Bonchev–Trinajstić information content (AvgIpc) is 2.30. The Morgan fingerprint density at radius 2 is 2.45 bits per heavy atom. The number of nitrogen functional groups attached to an aromatic ring is 1. The predicted molar refractivity (Wildman–Crippen MR) is 35.7 cm³/mol. The highest BCUT2D eigenvalue weighted by atomic mass is 16.4. The first kappa shape index (κ1) is 7.26. The van der Waals surface area contributed by atoms with Crippen LogP contribution >= 0.6 is 0 Å². The molecule has 0 saturated heterocycles. The van der Waals surface area contributed by atoms with E-state index >= 15 is 0 Å². The standard InChI is InChI=1S/C5H5N3O3/c6-4-3(5(10)11)7-1-8(4)2-9/h1-2H,6H2,(H,10,11). The lowest BCUT2D eigenvalue weighted by molar-refractivity contribution is 0.0692. The lowest BCUT2D eigenvalue weighted by Gasteiger charge is -1.91. The van der Waals surface area contributed by atoms with E-state index in [1.54, 1.807) is 0 Å². The first-order chi connectivity index (χ1) is 5.16. The van der Waals surface area contributed by atoms with E-state index < -0.39 is 5.97 Å². The topological polar surface area (TPSA) is 98.2 Å². The summed E-state index contributed by atoms with van der Waals surface area (Å²) in [6.07, 6.45) is 1.43. The number of hydrogen-bond donors (Lipinski definition) is 2.